The summed E-state index contributed by atoms with van der Waals surface area (Å²) in [6.07, 6.45) is 3.43. The molecule has 160 valence electrons. The zero-order valence-electron chi connectivity index (χ0n) is 17.9. The van der Waals surface area contributed by atoms with Crippen LogP contribution in [-0.4, -0.2) is 54.2 Å². The van der Waals surface area contributed by atoms with E-state index in [0.29, 0.717) is 25.3 Å². The lowest BCUT2D eigenvalue weighted by molar-refractivity contribution is -0.149. The number of nitrogens with one attached hydrogen (secondary N) is 1. The van der Waals surface area contributed by atoms with Gasteiger partial charge in [-0.2, -0.15) is 0 Å². The molecule has 2 heterocycles. The molecule has 0 bridgehead atoms. The minimum atomic E-state index is -0.561. The smallest absolute Gasteiger partial charge is 0.308 e. The van der Waals surface area contributed by atoms with Gasteiger partial charge in [0.2, 0.25) is 0 Å². The molecular weight excluding hydrogens is 368 g/mol. The molecule has 6 heteroatoms. The average molecular weight is 403 g/mol. The highest BCUT2D eigenvalue weighted by Crippen LogP contribution is 2.32. The Morgan fingerprint density at radius 2 is 1.97 bits per heavy atom. The third-order valence-corrected chi connectivity index (χ3v) is 5.57. The number of esters is 1. The first-order valence-electron chi connectivity index (χ1n) is 10.7. The van der Waals surface area contributed by atoms with Crippen molar-refractivity contribution < 1.29 is 19.0 Å². The monoisotopic (exact) mass is 402 g/mol. The maximum Gasteiger partial charge on any atom is 0.308 e. The second-order valence-corrected chi connectivity index (χ2v) is 8.75. The molecule has 1 aromatic rings. The third kappa shape index (κ3) is 6.63. The van der Waals surface area contributed by atoms with Gasteiger partial charge in [-0.1, -0.05) is 43.7 Å². The summed E-state index contributed by atoms with van der Waals surface area (Å²) in [6, 6.07) is 9.76. The highest BCUT2D eigenvalue weighted by atomic mass is 16.8. The molecule has 0 aromatic heterocycles. The van der Waals surface area contributed by atoms with Gasteiger partial charge >= 0.3 is 5.97 Å². The molecule has 1 N–H and O–H groups in total. The Morgan fingerprint density at radius 1 is 1.24 bits per heavy atom. The van der Waals surface area contributed by atoms with Crippen molar-refractivity contribution in [3.05, 3.63) is 35.9 Å². The highest BCUT2D eigenvalue weighted by molar-refractivity contribution is 5.84. The lowest BCUT2D eigenvalue weighted by Gasteiger charge is -2.24. The maximum absolute atomic E-state index is 12.2. The summed E-state index contributed by atoms with van der Waals surface area (Å²) in [5.74, 6) is -0.793. The van der Waals surface area contributed by atoms with E-state index in [4.69, 9.17) is 19.6 Å². The van der Waals surface area contributed by atoms with Crippen LogP contribution in [0.4, 0.5) is 0 Å². The average Bonchev–Trinajstić information content (AvgIpc) is 2.87. The van der Waals surface area contributed by atoms with Gasteiger partial charge in [-0.25, -0.2) is 0 Å². The number of fused-ring (bicyclic) bond motifs is 1. The first-order chi connectivity index (χ1) is 13.8. The van der Waals surface area contributed by atoms with Crippen molar-refractivity contribution in [3.63, 3.8) is 0 Å². The van der Waals surface area contributed by atoms with E-state index in [1.807, 2.05) is 51.1 Å². The fourth-order valence-electron chi connectivity index (χ4n) is 4.08. The van der Waals surface area contributed by atoms with Crippen molar-refractivity contribution in [3.8, 4) is 0 Å². The normalized spacial score (nSPS) is 25.3. The molecule has 1 aromatic carbocycles. The van der Waals surface area contributed by atoms with Crippen LogP contribution in [0.2, 0.25) is 0 Å². The topological polar surface area (TPSA) is 71.9 Å². The molecule has 0 aliphatic carbocycles. The van der Waals surface area contributed by atoms with Crippen LogP contribution in [0, 0.1) is 11.3 Å². The maximum atomic E-state index is 12.2. The quantitative estimate of drug-likeness (QED) is 0.529. The van der Waals surface area contributed by atoms with Crippen LogP contribution in [0.3, 0.4) is 0 Å². The molecule has 3 atom stereocenters. The number of carbonyl (C=O) groups excluding carboxylic acids is 1. The molecule has 2 fully saturated rings. The van der Waals surface area contributed by atoms with Gasteiger partial charge in [0.25, 0.3) is 0 Å². The van der Waals surface area contributed by atoms with E-state index in [1.165, 1.54) is 0 Å². The van der Waals surface area contributed by atoms with E-state index < -0.39 is 5.79 Å². The van der Waals surface area contributed by atoms with Gasteiger partial charge < -0.3 is 19.6 Å². The molecule has 0 amide bonds. The first-order valence-corrected chi connectivity index (χ1v) is 10.7. The predicted octanol–water partition coefficient (Wildman–Crippen LogP) is 3.78. The standard InChI is InChI=1S/C23H34N2O4/c1-17(22(26)27-16-18-10-5-4-6-11-18)9-7-8-12-25-14-19(24)13-20-21(15-25)29-23(2,3)28-20/h4-6,10-11,17,20-21,24H,7-9,12-16H2,1-3H3/t17?,20-,21+/m0/s1. The SMILES string of the molecule is CC(CCCCN1CC(=N)C[C@@H]2OC(C)(C)O[C@@H]2C1)C(=O)OCc1ccccc1. The molecular formula is C23H34N2O4. The summed E-state index contributed by atoms with van der Waals surface area (Å²) in [4.78, 5) is 14.5. The molecule has 0 spiro atoms. The molecule has 1 unspecified atom stereocenters. The largest absolute Gasteiger partial charge is 0.461 e. The van der Waals surface area contributed by atoms with Crippen molar-refractivity contribution in [2.45, 2.75) is 71.1 Å². The number of likely N-dealkylation sites (tertiary alicyclic amines) is 1. The molecule has 29 heavy (non-hydrogen) atoms. The first kappa shape index (κ1) is 21.9. The summed E-state index contributed by atoms with van der Waals surface area (Å²) in [6.45, 7) is 8.52. The number of hydrogen-bond donors (Lipinski definition) is 1. The van der Waals surface area contributed by atoms with Gasteiger partial charge in [-0.15, -0.1) is 0 Å². The molecule has 2 aliphatic heterocycles. The lowest BCUT2D eigenvalue weighted by Crippen LogP contribution is -2.36. The number of unbranched alkanes of at least 4 members (excludes halogenated alkanes) is 1. The van der Waals surface area contributed by atoms with E-state index in [0.717, 1.165) is 37.9 Å². The lowest BCUT2D eigenvalue weighted by atomic mass is 10.0. The van der Waals surface area contributed by atoms with Crippen LogP contribution in [0.5, 0.6) is 0 Å². The minimum absolute atomic E-state index is 0.0121. The number of carbonyl (C=O) groups is 1. The number of benzene rings is 1. The highest BCUT2D eigenvalue weighted by Gasteiger charge is 2.43. The van der Waals surface area contributed by atoms with Crippen molar-refractivity contribution in [2.24, 2.45) is 5.92 Å². The zero-order valence-corrected chi connectivity index (χ0v) is 17.9. The van der Waals surface area contributed by atoms with Gasteiger partial charge in [0.15, 0.2) is 5.79 Å². The molecule has 6 nitrogen and oxygen atoms in total. The second kappa shape index (κ2) is 9.83. The molecule has 0 radical (unpaired) electrons. The van der Waals surface area contributed by atoms with E-state index in [1.54, 1.807) is 0 Å². The molecule has 2 saturated heterocycles. The van der Waals surface area contributed by atoms with Crippen LogP contribution < -0.4 is 0 Å². The van der Waals surface area contributed by atoms with Crippen LogP contribution in [0.15, 0.2) is 30.3 Å². The van der Waals surface area contributed by atoms with Crippen LogP contribution >= 0.6 is 0 Å². The Hall–Kier alpha value is -1.76. The van der Waals surface area contributed by atoms with Crippen LogP contribution in [0.1, 0.15) is 52.0 Å². The number of nitrogens with zero attached hydrogens (tertiary/aromatic N) is 1. The van der Waals surface area contributed by atoms with Crippen molar-refractivity contribution >= 4 is 11.7 Å². The van der Waals surface area contributed by atoms with E-state index >= 15 is 0 Å². The Balaban J connectivity index is 1.36. The fraction of sp³-hybridized carbons (Fsp3) is 0.652. The Labute approximate surface area is 174 Å². The Kier molecular flexibility index (Phi) is 7.44. The summed E-state index contributed by atoms with van der Waals surface area (Å²) in [5.41, 5.74) is 1.72. The van der Waals surface area contributed by atoms with E-state index in [2.05, 4.69) is 4.90 Å². The zero-order chi connectivity index (χ0) is 20.9. The number of ether oxygens (including phenoxy) is 3. The summed E-state index contributed by atoms with van der Waals surface area (Å²) in [5, 5.41) is 8.22. The van der Waals surface area contributed by atoms with Crippen molar-refractivity contribution in [1.82, 2.24) is 4.90 Å². The van der Waals surface area contributed by atoms with E-state index in [-0.39, 0.29) is 24.1 Å². The van der Waals surface area contributed by atoms with Gasteiger partial charge in [0.05, 0.1) is 12.0 Å². The van der Waals surface area contributed by atoms with Crippen molar-refractivity contribution in [1.29, 1.82) is 5.41 Å². The predicted molar refractivity (Wildman–Crippen MR) is 112 cm³/mol. The fourth-order valence-corrected chi connectivity index (χ4v) is 4.08. The Bertz CT molecular complexity index is 691. The summed E-state index contributed by atoms with van der Waals surface area (Å²) < 4.78 is 17.4. The summed E-state index contributed by atoms with van der Waals surface area (Å²) in [7, 11) is 0. The van der Waals surface area contributed by atoms with Gasteiger partial charge in [-0.05, 0) is 38.8 Å². The van der Waals surface area contributed by atoms with Crippen molar-refractivity contribution in [2.75, 3.05) is 19.6 Å². The van der Waals surface area contributed by atoms with Gasteiger partial charge in [-0.3, -0.25) is 9.69 Å². The second-order valence-electron chi connectivity index (χ2n) is 8.75. The van der Waals surface area contributed by atoms with Crippen LogP contribution in [-0.2, 0) is 25.6 Å². The third-order valence-electron chi connectivity index (χ3n) is 5.57. The van der Waals surface area contributed by atoms with Gasteiger partial charge in [0, 0.05) is 25.2 Å². The Morgan fingerprint density at radius 3 is 2.72 bits per heavy atom. The molecule has 3 rings (SSSR count). The van der Waals surface area contributed by atoms with Gasteiger partial charge in [0.1, 0.15) is 12.7 Å². The van der Waals surface area contributed by atoms with E-state index in [9.17, 15) is 4.79 Å². The number of hydrogen-bond acceptors (Lipinski definition) is 6. The minimum Gasteiger partial charge on any atom is -0.461 e. The number of rotatable bonds is 8. The molecule has 2 aliphatic rings. The van der Waals surface area contributed by atoms with Crippen LogP contribution in [0.25, 0.3) is 0 Å². The summed E-state index contributed by atoms with van der Waals surface area (Å²) >= 11 is 0. The molecule has 0 saturated carbocycles.